The lowest BCUT2D eigenvalue weighted by Crippen LogP contribution is -2.17. The van der Waals surface area contributed by atoms with Gasteiger partial charge in [-0.3, -0.25) is 0 Å². The minimum atomic E-state index is -1.13. The highest BCUT2D eigenvalue weighted by molar-refractivity contribution is 6.31. The molecule has 0 aliphatic rings. The molecule has 0 amide bonds. The van der Waals surface area contributed by atoms with Gasteiger partial charge < -0.3 is 11.1 Å². The second kappa shape index (κ2) is 8.05. The van der Waals surface area contributed by atoms with Crippen LogP contribution in [0.5, 0.6) is 0 Å². The van der Waals surface area contributed by atoms with E-state index in [0.717, 1.165) is 6.07 Å². The van der Waals surface area contributed by atoms with Crippen molar-refractivity contribution in [1.82, 2.24) is 4.98 Å². The van der Waals surface area contributed by atoms with Gasteiger partial charge in [0, 0.05) is 11.8 Å². The average Bonchev–Trinajstić information content (AvgIpc) is 2.67. The minimum absolute atomic E-state index is 0.00340. The van der Waals surface area contributed by atoms with Gasteiger partial charge in [0.05, 0.1) is 16.3 Å². The predicted octanol–water partition coefficient (Wildman–Crippen LogP) is 5.21. The van der Waals surface area contributed by atoms with Crippen LogP contribution in [0.25, 0.3) is 11.1 Å². The van der Waals surface area contributed by atoms with Gasteiger partial charge in [-0.2, -0.15) is 5.53 Å². The van der Waals surface area contributed by atoms with E-state index in [1.165, 1.54) is 42.6 Å². The fourth-order valence-electron chi connectivity index (χ4n) is 2.42. The summed E-state index contributed by atoms with van der Waals surface area (Å²) in [6, 6.07) is 9.16. The van der Waals surface area contributed by atoms with Gasteiger partial charge in [0.25, 0.3) is 0 Å². The Hall–Kier alpha value is -3.46. The van der Waals surface area contributed by atoms with Crippen molar-refractivity contribution < 1.29 is 13.2 Å². The average molecular weight is 405 g/mol. The van der Waals surface area contributed by atoms with E-state index < -0.39 is 17.5 Å². The lowest BCUT2D eigenvalue weighted by atomic mass is 10.0. The molecule has 0 saturated carbocycles. The van der Waals surface area contributed by atoms with Crippen molar-refractivity contribution in [1.29, 1.82) is 5.53 Å². The van der Waals surface area contributed by atoms with Crippen LogP contribution < -0.4 is 11.1 Å². The van der Waals surface area contributed by atoms with Crippen molar-refractivity contribution >= 4 is 28.9 Å². The molecule has 3 aromatic rings. The first kappa shape index (κ1) is 19.3. The van der Waals surface area contributed by atoms with Gasteiger partial charge in [-0.15, -0.1) is 5.10 Å². The van der Waals surface area contributed by atoms with E-state index in [9.17, 15) is 13.2 Å². The minimum Gasteiger partial charge on any atom is -0.383 e. The van der Waals surface area contributed by atoms with E-state index in [4.69, 9.17) is 22.9 Å². The second-order valence-corrected chi connectivity index (χ2v) is 5.97. The molecule has 0 radical (unpaired) electrons. The monoisotopic (exact) mass is 404 g/mol. The largest absolute Gasteiger partial charge is 0.383 e. The first-order valence-electron chi connectivity index (χ1n) is 7.77. The van der Waals surface area contributed by atoms with Crippen LogP contribution in [0.3, 0.4) is 0 Å². The van der Waals surface area contributed by atoms with Crippen molar-refractivity contribution in [3.8, 4) is 11.1 Å². The van der Waals surface area contributed by atoms with Crippen LogP contribution in [0.4, 0.5) is 24.7 Å². The molecule has 10 heteroatoms. The maximum absolute atomic E-state index is 14.0. The molecule has 0 saturated heterocycles. The number of halogens is 4. The molecule has 0 atom stereocenters. The summed E-state index contributed by atoms with van der Waals surface area (Å²) in [5.74, 6) is -2.89. The van der Waals surface area contributed by atoms with Crippen molar-refractivity contribution in [3.63, 3.8) is 0 Å². The molecular formula is C18H12ClF3N6. The van der Waals surface area contributed by atoms with Crippen molar-refractivity contribution in [3.05, 3.63) is 76.7 Å². The second-order valence-electron chi connectivity index (χ2n) is 5.56. The van der Waals surface area contributed by atoms with Gasteiger partial charge in [0.2, 0.25) is 0 Å². The van der Waals surface area contributed by atoms with E-state index in [1.807, 2.05) is 0 Å². The fraction of sp³-hybridized carbons (Fsp3) is 0. The maximum Gasteiger partial charge on any atom is 0.182 e. The number of hydrogen-bond donors (Lipinski definition) is 3. The maximum atomic E-state index is 14.0. The summed E-state index contributed by atoms with van der Waals surface area (Å²) in [4.78, 5) is 4.04. The van der Waals surface area contributed by atoms with Crippen LogP contribution in [0.15, 0.2) is 59.0 Å². The number of amidine groups is 1. The van der Waals surface area contributed by atoms with Crippen LogP contribution in [0.2, 0.25) is 5.02 Å². The SMILES string of the molecule is N=N/N=C(\Nc1cccc(F)c1F)c1cc(-c2ccc(F)c(Cl)c2)cnc1N. The summed E-state index contributed by atoms with van der Waals surface area (Å²) >= 11 is 5.81. The standard InChI is InChI=1S/C18H12ClF3N6/c19-12-7-9(4-5-13(12)20)10-6-11(17(23)25-8-10)18(27-28-24)26-15-3-1-2-14(21)16(15)22/h1-8H,(H2,23,25)(H2,24,26,27). The Morgan fingerprint density at radius 3 is 2.57 bits per heavy atom. The number of hydrogen-bond acceptors (Lipinski definition) is 4. The highest BCUT2D eigenvalue weighted by Gasteiger charge is 2.16. The first-order valence-corrected chi connectivity index (χ1v) is 8.15. The van der Waals surface area contributed by atoms with E-state index in [-0.39, 0.29) is 27.9 Å². The first-order chi connectivity index (χ1) is 13.4. The Balaban J connectivity index is 2.06. The Labute approximate surface area is 162 Å². The van der Waals surface area contributed by atoms with Gasteiger partial charge in [-0.25, -0.2) is 18.2 Å². The number of aromatic nitrogens is 1. The molecule has 142 valence electrons. The third-order valence-corrected chi connectivity index (χ3v) is 4.07. The van der Waals surface area contributed by atoms with Crippen LogP contribution in [0.1, 0.15) is 5.56 Å². The van der Waals surface area contributed by atoms with Gasteiger partial charge in [-0.05, 0) is 35.9 Å². The topological polar surface area (TPSA) is 99.5 Å². The Morgan fingerprint density at radius 2 is 1.86 bits per heavy atom. The molecule has 0 fully saturated rings. The molecule has 0 spiro atoms. The number of nitrogens with one attached hydrogen (secondary N) is 2. The molecular weight excluding hydrogens is 393 g/mol. The van der Waals surface area contributed by atoms with E-state index in [1.54, 1.807) is 0 Å². The summed E-state index contributed by atoms with van der Waals surface area (Å²) in [6.07, 6.45) is 1.43. The highest BCUT2D eigenvalue weighted by Crippen LogP contribution is 2.27. The van der Waals surface area contributed by atoms with Crippen LogP contribution in [-0.2, 0) is 0 Å². The summed E-state index contributed by atoms with van der Waals surface area (Å²) in [6.45, 7) is 0. The Kier molecular flexibility index (Phi) is 5.55. The fourth-order valence-corrected chi connectivity index (χ4v) is 2.60. The molecule has 6 nitrogen and oxygen atoms in total. The van der Waals surface area contributed by atoms with Crippen LogP contribution in [0, 0.1) is 23.0 Å². The van der Waals surface area contributed by atoms with Gasteiger partial charge in [-0.1, -0.05) is 29.0 Å². The Bertz CT molecular complexity index is 1090. The zero-order valence-corrected chi connectivity index (χ0v) is 14.8. The number of rotatable bonds is 4. The van der Waals surface area contributed by atoms with E-state index in [0.29, 0.717) is 11.1 Å². The number of benzene rings is 2. The molecule has 0 unspecified atom stereocenters. The number of nitrogen functional groups attached to an aromatic ring is 1. The Morgan fingerprint density at radius 1 is 1.07 bits per heavy atom. The molecule has 0 bridgehead atoms. The molecule has 2 aromatic carbocycles. The van der Waals surface area contributed by atoms with Gasteiger partial charge in [0.1, 0.15) is 11.6 Å². The molecule has 0 aliphatic heterocycles. The normalized spacial score (nSPS) is 11.4. The molecule has 4 N–H and O–H groups in total. The van der Waals surface area contributed by atoms with E-state index in [2.05, 4.69) is 20.6 Å². The highest BCUT2D eigenvalue weighted by atomic mass is 35.5. The number of anilines is 2. The molecule has 3 rings (SSSR count). The summed E-state index contributed by atoms with van der Waals surface area (Å²) in [5, 5.41) is 9.01. The number of nitrogens with zero attached hydrogens (tertiary/aromatic N) is 3. The lowest BCUT2D eigenvalue weighted by molar-refractivity contribution is 0.512. The molecule has 1 aromatic heterocycles. The zero-order valence-electron chi connectivity index (χ0n) is 14.0. The van der Waals surface area contributed by atoms with Gasteiger partial charge >= 0.3 is 0 Å². The molecule has 28 heavy (non-hydrogen) atoms. The summed E-state index contributed by atoms with van der Waals surface area (Å²) in [7, 11) is 0. The third kappa shape index (κ3) is 3.94. The van der Waals surface area contributed by atoms with Crippen LogP contribution >= 0.6 is 11.6 Å². The van der Waals surface area contributed by atoms with Crippen molar-refractivity contribution in [2.24, 2.45) is 10.3 Å². The smallest absolute Gasteiger partial charge is 0.182 e. The van der Waals surface area contributed by atoms with Crippen molar-refractivity contribution in [2.45, 2.75) is 0 Å². The third-order valence-electron chi connectivity index (χ3n) is 3.78. The van der Waals surface area contributed by atoms with E-state index >= 15 is 0 Å². The zero-order chi connectivity index (χ0) is 20.3. The predicted molar refractivity (Wildman–Crippen MR) is 101 cm³/mol. The van der Waals surface area contributed by atoms with Crippen LogP contribution in [-0.4, -0.2) is 10.8 Å². The lowest BCUT2D eigenvalue weighted by Gasteiger charge is -2.13. The van der Waals surface area contributed by atoms with Crippen molar-refractivity contribution in [2.75, 3.05) is 11.1 Å². The number of nitrogens with two attached hydrogens (primary N) is 1. The van der Waals surface area contributed by atoms with Gasteiger partial charge in [0.15, 0.2) is 17.5 Å². The molecule has 1 heterocycles. The summed E-state index contributed by atoms with van der Waals surface area (Å²) < 4.78 is 40.8. The summed E-state index contributed by atoms with van der Waals surface area (Å²) in [5.41, 5.74) is 13.9. The number of pyridine rings is 1. The quantitative estimate of drug-likeness (QED) is 0.241. The molecule has 0 aliphatic carbocycles.